The summed E-state index contributed by atoms with van der Waals surface area (Å²) < 4.78 is 0. The van der Waals surface area contributed by atoms with Crippen molar-refractivity contribution in [2.24, 2.45) is 0 Å². The van der Waals surface area contributed by atoms with E-state index < -0.39 is 5.97 Å². The van der Waals surface area contributed by atoms with Gasteiger partial charge in [-0.05, 0) is 48.6 Å². The fourth-order valence-electron chi connectivity index (χ4n) is 2.18. The van der Waals surface area contributed by atoms with E-state index in [1.54, 1.807) is 0 Å². The SMILES string of the molecule is Cc1cccc(/C(=C\C(=O)O)c2ccc(C)c(C)c2)c1. The number of carbonyl (C=O) groups is 1. The molecular weight excluding hydrogens is 248 g/mol. The van der Waals surface area contributed by atoms with Crippen molar-refractivity contribution < 1.29 is 9.90 Å². The van der Waals surface area contributed by atoms with Crippen molar-refractivity contribution in [1.29, 1.82) is 0 Å². The molecule has 20 heavy (non-hydrogen) atoms. The maximum absolute atomic E-state index is 11.1. The predicted octanol–water partition coefficient (Wildman–Crippen LogP) is 4.13. The number of carboxylic acids is 1. The Morgan fingerprint density at radius 3 is 2.25 bits per heavy atom. The molecule has 0 spiro atoms. The number of benzene rings is 2. The maximum Gasteiger partial charge on any atom is 0.328 e. The molecule has 0 atom stereocenters. The largest absolute Gasteiger partial charge is 0.478 e. The summed E-state index contributed by atoms with van der Waals surface area (Å²) in [5, 5.41) is 9.12. The summed E-state index contributed by atoms with van der Waals surface area (Å²) in [6.45, 7) is 6.09. The van der Waals surface area contributed by atoms with Gasteiger partial charge in [0.2, 0.25) is 0 Å². The number of hydrogen-bond acceptors (Lipinski definition) is 1. The summed E-state index contributed by atoms with van der Waals surface area (Å²) in [5.41, 5.74) is 6.07. The van der Waals surface area contributed by atoms with Crippen LogP contribution in [0.5, 0.6) is 0 Å². The second-order valence-corrected chi connectivity index (χ2v) is 5.06. The van der Waals surface area contributed by atoms with Crippen LogP contribution in [-0.4, -0.2) is 11.1 Å². The number of rotatable bonds is 3. The minimum absolute atomic E-state index is 0.740. The van der Waals surface area contributed by atoms with Crippen molar-refractivity contribution >= 4 is 11.5 Å². The Morgan fingerprint density at radius 2 is 1.65 bits per heavy atom. The van der Waals surface area contributed by atoms with Gasteiger partial charge in [-0.2, -0.15) is 0 Å². The van der Waals surface area contributed by atoms with Gasteiger partial charge in [0.05, 0.1) is 0 Å². The third-order valence-corrected chi connectivity index (χ3v) is 3.41. The van der Waals surface area contributed by atoms with E-state index >= 15 is 0 Å². The van der Waals surface area contributed by atoms with Gasteiger partial charge in [0.1, 0.15) is 0 Å². The first-order chi connectivity index (χ1) is 9.47. The van der Waals surface area contributed by atoms with E-state index in [0.717, 1.165) is 27.8 Å². The van der Waals surface area contributed by atoms with E-state index in [1.807, 2.05) is 63.2 Å². The van der Waals surface area contributed by atoms with Crippen LogP contribution in [-0.2, 0) is 4.79 Å². The van der Waals surface area contributed by atoms with Gasteiger partial charge in [0.25, 0.3) is 0 Å². The molecule has 0 aliphatic heterocycles. The van der Waals surface area contributed by atoms with Crippen LogP contribution >= 0.6 is 0 Å². The molecule has 0 fully saturated rings. The number of aliphatic carboxylic acids is 1. The summed E-state index contributed by atoms with van der Waals surface area (Å²) in [6.07, 6.45) is 1.28. The van der Waals surface area contributed by atoms with Crippen LogP contribution in [0.25, 0.3) is 5.57 Å². The smallest absolute Gasteiger partial charge is 0.328 e. The first-order valence-electron chi connectivity index (χ1n) is 6.56. The van der Waals surface area contributed by atoms with Gasteiger partial charge in [-0.1, -0.05) is 48.0 Å². The van der Waals surface area contributed by atoms with Crippen molar-refractivity contribution in [1.82, 2.24) is 0 Å². The molecule has 0 unspecified atom stereocenters. The predicted molar refractivity (Wildman–Crippen MR) is 81.8 cm³/mol. The molecule has 102 valence electrons. The maximum atomic E-state index is 11.1. The molecule has 0 amide bonds. The molecule has 1 N–H and O–H groups in total. The second kappa shape index (κ2) is 5.74. The van der Waals surface area contributed by atoms with Crippen LogP contribution in [0.3, 0.4) is 0 Å². The van der Waals surface area contributed by atoms with Gasteiger partial charge in [0, 0.05) is 6.08 Å². The average molecular weight is 266 g/mol. The highest BCUT2D eigenvalue weighted by Crippen LogP contribution is 2.25. The standard InChI is InChI=1S/C18H18O2/c1-12-5-4-6-15(9-12)17(11-18(19)20)16-8-7-13(2)14(3)10-16/h4-11H,1-3H3,(H,19,20)/b17-11+. The number of hydrogen-bond donors (Lipinski definition) is 1. The molecule has 2 aromatic carbocycles. The van der Waals surface area contributed by atoms with Gasteiger partial charge in [-0.3, -0.25) is 0 Å². The summed E-state index contributed by atoms with van der Waals surface area (Å²) in [6, 6.07) is 13.9. The normalized spacial score (nSPS) is 11.4. The lowest BCUT2D eigenvalue weighted by Crippen LogP contribution is -1.96. The number of aryl methyl sites for hydroxylation is 3. The summed E-state index contributed by atoms with van der Waals surface area (Å²) in [5.74, 6) is -0.931. The lowest BCUT2D eigenvalue weighted by Gasteiger charge is -2.11. The van der Waals surface area contributed by atoms with Crippen molar-refractivity contribution in [3.63, 3.8) is 0 Å². The Morgan fingerprint density at radius 1 is 0.950 bits per heavy atom. The summed E-state index contributed by atoms with van der Waals surface area (Å²) >= 11 is 0. The van der Waals surface area contributed by atoms with Crippen molar-refractivity contribution in [3.05, 3.63) is 76.4 Å². The van der Waals surface area contributed by atoms with Crippen LogP contribution < -0.4 is 0 Å². The summed E-state index contributed by atoms with van der Waals surface area (Å²) in [7, 11) is 0. The number of carboxylic acid groups (broad SMARTS) is 1. The Kier molecular flexibility index (Phi) is 4.04. The Balaban J connectivity index is 2.59. The average Bonchev–Trinajstić information content (AvgIpc) is 2.39. The van der Waals surface area contributed by atoms with Gasteiger partial charge in [-0.15, -0.1) is 0 Å². The van der Waals surface area contributed by atoms with E-state index in [-0.39, 0.29) is 0 Å². The molecule has 0 heterocycles. The highest BCUT2D eigenvalue weighted by Gasteiger charge is 2.08. The Hall–Kier alpha value is -2.35. The third-order valence-electron chi connectivity index (χ3n) is 3.41. The minimum Gasteiger partial charge on any atom is -0.478 e. The molecule has 0 saturated carbocycles. The topological polar surface area (TPSA) is 37.3 Å². The molecule has 2 rings (SSSR count). The lowest BCUT2D eigenvalue weighted by atomic mass is 9.94. The minimum atomic E-state index is -0.931. The molecule has 0 aliphatic rings. The molecule has 2 nitrogen and oxygen atoms in total. The molecule has 2 aromatic rings. The first-order valence-corrected chi connectivity index (χ1v) is 6.56. The van der Waals surface area contributed by atoms with Gasteiger partial charge in [0.15, 0.2) is 0 Å². The van der Waals surface area contributed by atoms with E-state index in [2.05, 4.69) is 0 Å². The van der Waals surface area contributed by atoms with Crippen LogP contribution in [0, 0.1) is 20.8 Å². The van der Waals surface area contributed by atoms with Crippen LogP contribution in [0.4, 0.5) is 0 Å². The monoisotopic (exact) mass is 266 g/mol. The lowest BCUT2D eigenvalue weighted by molar-refractivity contribution is -0.131. The molecule has 0 aromatic heterocycles. The van der Waals surface area contributed by atoms with Gasteiger partial charge >= 0.3 is 5.97 Å². The molecule has 0 radical (unpaired) electrons. The van der Waals surface area contributed by atoms with Gasteiger partial charge in [-0.25, -0.2) is 4.79 Å². The van der Waals surface area contributed by atoms with E-state index in [0.29, 0.717) is 0 Å². The zero-order valence-electron chi connectivity index (χ0n) is 12.0. The van der Waals surface area contributed by atoms with Crippen molar-refractivity contribution in [2.45, 2.75) is 20.8 Å². The Labute approximate surface area is 119 Å². The second-order valence-electron chi connectivity index (χ2n) is 5.06. The van der Waals surface area contributed by atoms with Crippen LogP contribution in [0.2, 0.25) is 0 Å². The van der Waals surface area contributed by atoms with E-state index in [9.17, 15) is 4.79 Å². The molecule has 0 bridgehead atoms. The Bertz CT molecular complexity index is 682. The van der Waals surface area contributed by atoms with Crippen LogP contribution in [0.1, 0.15) is 27.8 Å². The van der Waals surface area contributed by atoms with Gasteiger partial charge < -0.3 is 5.11 Å². The highest BCUT2D eigenvalue weighted by molar-refractivity contribution is 5.95. The van der Waals surface area contributed by atoms with Crippen LogP contribution in [0.15, 0.2) is 48.5 Å². The first kappa shape index (κ1) is 14.1. The quantitative estimate of drug-likeness (QED) is 0.848. The van der Waals surface area contributed by atoms with E-state index in [1.165, 1.54) is 11.6 Å². The molecular formula is C18H18O2. The molecule has 2 heteroatoms. The van der Waals surface area contributed by atoms with Crippen molar-refractivity contribution in [3.8, 4) is 0 Å². The zero-order chi connectivity index (χ0) is 14.7. The fourth-order valence-corrected chi connectivity index (χ4v) is 2.18. The van der Waals surface area contributed by atoms with Crippen molar-refractivity contribution in [2.75, 3.05) is 0 Å². The fraction of sp³-hybridized carbons (Fsp3) is 0.167. The highest BCUT2D eigenvalue weighted by atomic mass is 16.4. The third kappa shape index (κ3) is 3.15. The molecule has 0 aliphatic carbocycles. The van der Waals surface area contributed by atoms with E-state index in [4.69, 9.17) is 5.11 Å². The molecule has 0 saturated heterocycles. The summed E-state index contributed by atoms with van der Waals surface area (Å²) in [4.78, 5) is 11.1. The zero-order valence-corrected chi connectivity index (χ0v) is 12.0.